The number of rotatable bonds is 3. The predicted molar refractivity (Wildman–Crippen MR) is 82.6 cm³/mol. The fraction of sp³-hybridized carbons (Fsp3) is 0.643. The number of aryl methyl sites for hydroxylation is 2. The number of nitrogens with zero attached hydrogens (tertiary/aromatic N) is 2. The van der Waals surface area contributed by atoms with Crippen molar-refractivity contribution in [1.29, 1.82) is 0 Å². The molecule has 3 N–H and O–H groups in total. The van der Waals surface area contributed by atoms with Crippen LogP contribution in [0.2, 0.25) is 0 Å². The molecule has 1 aliphatic rings. The minimum absolute atomic E-state index is 0.141. The van der Waals surface area contributed by atoms with E-state index in [2.05, 4.69) is 17.3 Å². The van der Waals surface area contributed by atoms with Crippen molar-refractivity contribution in [3.8, 4) is 0 Å². The van der Waals surface area contributed by atoms with E-state index in [9.17, 15) is 4.79 Å². The molecule has 110 valence electrons. The standard InChI is InChI=1S/C14H22N4OS/c1-9-4-6-14(7-5-9,13(15)20)16-12(19)11-8-18(3)17-10(11)2/h8-9H,4-7H2,1-3H3,(H2,15,20)(H,16,19). The van der Waals surface area contributed by atoms with Gasteiger partial charge < -0.3 is 11.1 Å². The summed E-state index contributed by atoms with van der Waals surface area (Å²) in [5.74, 6) is 0.521. The van der Waals surface area contributed by atoms with Gasteiger partial charge in [-0.3, -0.25) is 9.48 Å². The minimum Gasteiger partial charge on any atom is -0.391 e. The summed E-state index contributed by atoms with van der Waals surface area (Å²) in [5.41, 5.74) is 6.67. The van der Waals surface area contributed by atoms with Gasteiger partial charge in [0, 0.05) is 13.2 Å². The molecule has 20 heavy (non-hydrogen) atoms. The number of aromatic nitrogens is 2. The van der Waals surface area contributed by atoms with Gasteiger partial charge in [0.25, 0.3) is 5.91 Å². The second-order valence-corrected chi connectivity index (χ2v) is 6.32. The summed E-state index contributed by atoms with van der Waals surface area (Å²) < 4.78 is 1.64. The first-order valence-corrected chi connectivity index (χ1v) is 7.37. The summed E-state index contributed by atoms with van der Waals surface area (Å²) in [6.07, 6.45) is 5.42. The van der Waals surface area contributed by atoms with Crippen LogP contribution in [0.4, 0.5) is 0 Å². The number of carbonyl (C=O) groups is 1. The molecule has 0 saturated heterocycles. The van der Waals surface area contributed by atoms with Crippen LogP contribution in [0.1, 0.15) is 48.7 Å². The van der Waals surface area contributed by atoms with Crippen LogP contribution in [0.15, 0.2) is 6.20 Å². The highest BCUT2D eigenvalue weighted by Crippen LogP contribution is 2.32. The van der Waals surface area contributed by atoms with Crippen LogP contribution in [-0.4, -0.2) is 26.2 Å². The van der Waals surface area contributed by atoms with Crippen LogP contribution < -0.4 is 11.1 Å². The monoisotopic (exact) mass is 294 g/mol. The van der Waals surface area contributed by atoms with Gasteiger partial charge in [-0.25, -0.2) is 0 Å². The Kier molecular flexibility index (Phi) is 4.13. The molecule has 0 spiro atoms. The molecule has 0 radical (unpaired) electrons. The largest absolute Gasteiger partial charge is 0.391 e. The number of nitrogens with two attached hydrogens (primary N) is 1. The van der Waals surface area contributed by atoms with E-state index in [-0.39, 0.29) is 5.91 Å². The van der Waals surface area contributed by atoms with E-state index in [1.54, 1.807) is 17.9 Å². The molecule has 1 saturated carbocycles. The third-order valence-corrected chi connectivity index (χ3v) is 4.60. The van der Waals surface area contributed by atoms with Crippen molar-refractivity contribution in [2.24, 2.45) is 18.7 Å². The number of hydrogen-bond donors (Lipinski definition) is 2. The molecule has 0 aromatic carbocycles. The Morgan fingerprint density at radius 3 is 2.60 bits per heavy atom. The quantitative estimate of drug-likeness (QED) is 0.832. The number of nitrogens with one attached hydrogen (secondary N) is 1. The van der Waals surface area contributed by atoms with E-state index in [0.717, 1.165) is 25.7 Å². The van der Waals surface area contributed by atoms with Crippen molar-refractivity contribution in [1.82, 2.24) is 15.1 Å². The van der Waals surface area contributed by atoms with Crippen molar-refractivity contribution >= 4 is 23.1 Å². The molecule has 1 amide bonds. The summed E-state index contributed by atoms with van der Waals surface area (Å²) in [6.45, 7) is 4.04. The number of amides is 1. The summed E-state index contributed by atoms with van der Waals surface area (Å²) >= 11 is 5.21. The van der Waals surface area contributed by atoms with Crippen LogP contribution in [0.5, 0.6) is 0 Å². The number of thiocarbonyl (C=S) groups is 1. The summed E-state index contributed by atoms with van der Waals surface area (Å²) in [5, 5.41) is 7.26. The second-order valence-electron chi connectivity index (χ2n) is 5.88. The Morgan fingerprint density at radius 2 is 2.15 bits per heavy atom. The summed E-state index contributed by atoms with van der Waals surface area (Å²) in [4.78, 5) is 12.8. The van der Waals surface area contributed by atoms with Gasteiger partial charge in [0.2, 0.25) is 0 Å². The van der Waals surface area contributed by atoms with Crippen LogP contribution in [-0.2, 0) is 7.05 Å². The van der Waals surface area contributed by atoms with Crippen LogP contribution in [0, 0.1) is 12.8 Å². The zero-order valence-corrected chi connectivity index (χ0v) is 13.1. The molecule has 1 aromatic rings. The highest BCUT2D eigenvalue weighted by Gasteiger charge is 2.38. The average Bonchev–Trinajstić information content (AvgIpc) is 2.71. The summed E-state index contributed by atoms with van der Waals surface area (Å²) in [6, 6.07) is 0. The number of carbonyl (C=O) groups excluding carboxylic acids is 1. The summed E-state index contributed by atoms with van der Waals surface area (Å²) in [7, 11) is 1.80. The number of hydrogen-bond acceptors (Lipinski definition) is 3. The molecule has 1 aliphatic carbocycles. The van der Waals surface area contributed by atoms with Crippen molar-refractivity contribution < 1.29 is 4.79 Å². The van der Waals surface area contributed by atoms with E-state index >= 15 is 0 Å². The zero-order valence-electron chi connectivity index (χ0n) is 12.3. The van der Waals surface area contributed by atoms with Crippen LogP contribution in [0.25, 0.3) is 0 Å². The van der Waals surface area contributed by atoms with Crippen molar-refractivity contribution in [2.75, 3.05) is 0 Å². The first kappa shape index (κ1) is 15.0. The highest BCUT2D eigenvalue weighted by molar-refractivity contribution is 7.80. The van der Waals surface area contributed by atoms with E-state index in [0.29, 0.717) is 22.2 Å². The van der Waals surface area contributed by atoms with Gasteiger partial charge in [-0.1, -0.05) is 19.1 Å². The fourth-order valence-corrected chi connectivity index (χ4v) is 3.05. The third-order valence-electron chi connectivity index (χ3n) is 4.21. The van der Waals surface area contributed by atoms with E-state index in [1.807, 2.05) is 6.92 Å². The van der Waals surface area contributed by atoms with Gasteiger partial charge in [0.1, 0.15) is 0 Å². The van der Waals surface area contributed by atoms with Gasteiger partial charge in [0.15, 0.2) is 0 Å². The average molecular weight is 294 g/mol. The van der Waals surface area contributed by atoms with Gasteiger partial charge in [-0.2, -0.15) is 5.10 Å². The van der Waals surface area contributed by atoms with Gasteiger partial charge in [-0.15, -0.1) is 0 Å². The van der Waals surface area contributed by atoms with Gasteiger partial charge in [0.05, 0.1) is 21.8 Å². The molecule has 1 aromatic heterocycles. The molecule has 0 aliphatic heterocycles. The van der Waals surface area contributed by atoms with E-state index in [4.69, 9.17) is 18.0 Å². The predicted octanol–water partition coefficient (Wildman–Crippen LogP) is 1.69. The minimum atomic E-state index is -0.540. The molecule has 1 fully saturated rings. The SMILES string of the molecule is Cc1nn(C)cc1C(=O)NC1(C(N)=S)CCC(C)CC1. The Labute approximate surface area is 124 Å². The Hall–Kier alpha value is -1.43. The van der Waals surface area contributed by atoms with Gasteiger partial charge in [-0.05, 0) is 38.5 Å². The lowest BCUT2D eigenvalue weighted by Crippen LogP contribution is -2.58. The zero-order chi connectivity index (χ0) is 14.9. The van der Waals surface area contributed by atoms with Gasteiger partial charge >= 0.3 is 0 Å². The molecule has 5 nitrogen and oxygen atoms in total. The molecule has 1 heterocycles. The Morgan fingerprint density at radius 1 is 1.55 bits per heavy atom. The van der Waals surface area contributed by atoms with Crippen molar-refractivity contribution in [3.05, 3.63) is 17.5 Å². The fourth-order valence-electron chi connectivity index (χ4n) is 2.80. The molecule has 2 rings (SSSR count). The van der Waals surface area contributed by atoms with E-state index in [1.165, 1.54) is 0 Å². The maximum atomic E-state index is 12.5. The smallest absolute Gasteiger partial charge is 0.255 e. The normalized spacial score (nSPS) is 26.2. The van der Waals surface area contributed by atoms with Crippen molar-refractivity contribution in [3.63, 3.8) is 0 Å². The van der Waals surface area contributed by atoms with E-state index < -0.39 is 5.54 Å². The maximum absolute atomic E-state index is 12.5. The second kappa shape index (κ2) is 5.52. The topological polar surface area (TPSA) is 72.9 Å². The molecule has 0 atom stereocenters. The highest BCUT2D eigenvalue weighted by atomic mass is 32.1. The molecule has 0 bridgehead atoms. The lowest BCUT2D eigenvalue weighted by molar-refractivity contribution is 0.0900. The Bertz CT molecular complexity index is 529. The Balaban J connectivity index is 2.19. The molecular formula is C14H22N4OS. The first-order chi connectivity index (χ1) is 9.34. The molecule has 6 heteroatoms. The van der Waals surface area contributed by atoms with Crippen LogP contribution >= 0.6 is 12.2 Å². The first-order valence-electron chi connectivity index (χ1n) is 6.97. The lowest BCUT2D eigenvalue weighted by atomic mass is 9.77. The molecular weight excluding hydrogens is 272 g/mol. The molecule has 0 unspecified atom stereocenters. The third kappa shape index (κ3) is 2.85. The lowest BCUT2D eigenvalue weighted by Gasteiger charge is -2.39. The van der Waals surface area contributed by atoms with Crippen LogP contribution in [0.3, 0.4) is 0 Å². The van der Waals surface area contributed by atoms with Crippen molar-refractivity contribution in [2.45, 2.75) is 45.1 Å². The maximum Gasteiger partial charge on any atom is 0.255 e.